The zero-order valence-corrected chi connectivity index (χ0v) is 20.4. The van der Waals surface area contributed by atoms with Crippen molar-refractivity contribution >= 4 is 32.6 Å². The molecule has 6 aromatic carbocycles. The van der Waals surface area contributed by atoms with Gasteiger partial charge in [0.1, 0.15) is 0 Å². The van der Waals surface area contributed by atoms with Gasteiger partial charge in [0.2, 0.25) is 0 Å². The lowest BCUT2D eigenvalue weighted by molar-refractivity contribution is 0.797. The first-order valence-electron chi connectivity index (χ1n) is 13.1. The molecule has 174 valence electrons. The summed E-state index contributed by atoms with van der Waals surface area (Å²) >= 11 is 0. The molecule has 0 amide bonds. The summed E-state index contributed by atoms with van der Waals surface area (Å²) in [5.41, 5.74) is 10.8. The summed E-state index contributed by atoms with van der Waals surface area (Å²) < 4.78 is 2.51. The zero-order valence-electron chi connectivity index (χ0n) is 20.4. The van der Waals surface area contributed by atoms with E-state index < -0.39 is 0 Å². The number of aromatic nitrogens is 1. The molecule has 0 spiro atoms. The number of hydrogen-bond acceptors (Lipinski definition) is 0. The van der Waals surface area contributed by atoms with Crippen LogP contribution in [0.1, 0.15) is 22.6 Å². The maximum Gasteiger partial charge on any atom is 0.0585 e. The molecule has 0 radical (unpaired) electrons. The van der Waals surface area contributed by atoms with Crippen LogP contribution in [0.4, 0.5) is 0 Å². The fourth-order valence-corrected chi connectivity index (χ4v) is 6.59. The molecule has 1 aliphatic carbocycles. The van der Waals surface area contributed by atoms with Gasteiger partial charge in [0.05, 0.1) is 11.0 Å². The maximum atomic E-state index is 2.51. The first-order chi connectivity index (χ1) is 18.4. The largest absolute Gasteiger partial charge is 0.309 e. The van der Waals surface area contributed by atoms with Crippen LogP contribution in [0.3, 0.4) is 0 Å². The summed E-state index contributed by atoms with van der Waals surface area (Å²) in [5, 5.41) is 5.26. The smallest absolute Gasteiger partial charge is 0.0585 e. The number of fused-ring (bicyclic) bond motifs is 9. The molecule has 1 unspecified atom stereocenters. The highest BCUT2D eigenvalue weighted by atomic mass is 15.0. The second kappa shape index (κ2) is 7.94. The van der Waals surface area contributed by atoms with Gasteiger partial charge >= 0.3 is 0 Å². The van der Waals surface area contributed by atoms with E-state index in [4.69, 9.17) is 0 Å². The van der Waals surface area contributed by atoms with Crippen LogP contribution in [0.5, 0.6) is 0 Å². The van der Waals surface area contributed by atoms with Crippen molar-refractivity contribution in [2.45, 2.75) is 12.3 Å². The summed E-state index contributed by atoms with van der Waals surface area (Å²) in [6.07, 6.45) is 1.00. The van der Waals surface area contributed by atoms with Crippen LogP contribution in [0.15, 0.2) is 133 Å². The average Bonchev–Trinajstić information content (AvgIpc) is 3.32. The van der Waals surface area contributed by atoms with Crippen LogP contribution in [0, 0.1) is 0 Å². The Bertz CT molecular complexity index is 1940. The van der Waals surface area contributed by atoms with E-state index in [2.05, 4.69) is 138 Å². The van der Waals surface area contributed by atoms with Gasteiger partial charge in [-0.3, -0.25) is 0 Å². The molecule has 7 aromatic rings. The van der Waals surface area contributed by atoms with Gasteiger partial charge in [-0.1, -0.05) is 115 Å². The lowest BCUT2D eigenvalue weighted by atomic mass is 9.75. The normalized spacial score (nSPS) is 14.6. The molecule has 1 heterocycles. The minimum atomic E-state index is 0.285. The van der Waals surface area contributed by atoms with E-state index in [1.165, 1.54) is 66.1 Å². The molecule has 8 rings (SSSR count). The topological polar surface area (TPSA) is 4.93 Å². The number of hydrogen-bond donors (Lipinski definition) is 0. The Balaban J connectivity index is 1.61. The summed E-state index contributed by atoms with van der Waals surface area (Å²) in [7, 11) is 0. The third-order valence-corrected chi connectivity index (χ3v) is 8.15. The number of rotatable bonds is 2. The van der Waals surface area contributed by atoms with Crippen LogP contribution >= 0.6 is 0 Å². The van der Waals surface area contributed by atoms with Gasteiger partial charge in [0.25, 0.3) is 0 Å². The molecular formula is C36H25N. The Labute approximate surface area is 216 Å². The molecule has 0 saturated carbocycles. The van der Waals surface area contributed by atoms with Gasteiger partial charge in [0.15, 0.2) is 0 Å². The molecule has 0 aliphatic heterocycles. The molecule has 1 heteroatoms. The van der Waals surface area contributed by atoms with E-state index in [1.807, 2.05) is 0 Å². The van der Waals surface area contributed by atoms with E-state index >= 15 is 0 Å². The van der Waals surface area contributed by atoms with Crippen LogP contribution in [-0.4, -0.2) is 4.57 Å². The molecule has 0 bridgehead atoms. The number of nitrogens with zero attached hydrogens (tertiary/aromatic N) is 1. The highest BCUT2D eigenvalue weighted by Gasteiger charge is 2.30. The van der Waals surface area contributed by atoms with E-state index in [1.54, 1.807) is 0 Å². The monoisotopic (exact) mass is 471 g/mol. The Morgan fingerprint density at radius 2 is 1.27 bits per heavy atom. The maximum absolute atomic E-state index is 2.51. The highest BCUT2D eigenvalue weighted by molar-refractivity contribution is 6.22. The predicted molar refractivity (Wildman–Crippen MR) is 156 cm³/mol. The van der Waals surface area contributed by atoms with Gasteiger partial charge < -0.3 is 4.57 Å². The SMILES string of the molecule is c1ccc(C2Cc3ccccc3-c3ccc4c5c6ccccc6ccc5n(-c5ccccc5)c4c32)cc1. The molecule has 0 N–H and O–H groups in total. The molecule has 1 aromatic heterocycles. The van der Waals surface area contributed by atoms with Crippen molar-refractivity contribution in [1.82, 2.24) is 4.57 Å². The highest BCUT2D eigenvalue weighted by Crippen LogP contribution is 2.49. The van der Waals surface area contributed by atoms with Gasteiger partial charge in [-0.25, -0.2) is 0 Å². The molecule has 0 fully saturated rings. The predicted octanol–water partition coefficient (Wildman–Crippen LogP) is 9.29. The van der Waals surface area contributed by atoms with Crippen molar-refractivity contribution in [2.24, 2.45) is 0 Å². The third-order valence-electron chi connectivity index (χ3n) is 8.15. The van der Waals surface area contributed by atoms with Crippen LogP contribution < -0.4 is 0 Å². The van der Waals surface area contributed by atoms with Crippen molar-refractivity contribution in [1.29, 1.82) is 0 Å². The van der Waals surface area contributed by atoms with Gasteiger partial charge in [-0.15, -0.1) is 0 Å². The Morgan fingerprint density at radius 1 is 0.541 bits per heavy atom. The van der Waals surface area contributed by atoms with E-state index in [9.17, 15) is 0 Å². The quantitative estimate of drug-likeness (QED) is 0.237. The molecule has 37 heavy (non-hydrogen) atoms. The van der Waals surface area contributed by atoms with Gasteiger partial charge in [-0.2, -0.15) is 0 Å². The molecule has 1 nitrogen and oxygen atoms in total. The molecular weight excluding hydrogens is 446 g/mol. The molecule has 1 aliphatic rings. The lowest BCUT2D eigenvalue weighted by Crippen LogP contribution is -2.14. The minimum absolute atomic E-state index is 0.285. The minimum Gasteiger partial charge on any atom is -0.309 e. The number of benzene rings is 6. The van der Waals surface area contributed by atoms with Crippen LogP contribution in [0.2, 0.25) is 0 Å². The lowest BCUT2D eigenvalue weighted by Gasteiger charge is -2.30. The van der Waals surface area contributed by atoms with Crippen LogP contribution in [-0.2, 0) is 6.42 Å². The molecule has 0 saturated heterocycles. The number of para-hydroxylation sites is 1. The first kappa shape index (κ1) is 20.6. The van der Waals surface area contributed by atoms with E-state index in [-0.39, 0.29) is 5.92 Å². The fourth-order valence-electron chi connectivity index (χ4n) is 6.59. The summed E-state index contributed by atoms with van der Waals surface area (Å²) in [6, 6.07) is 49.0. The third kappa shape index (κ3) is 2.98. The van der Waals surface area contributed by atoms with Crippen LogP contribution in [0.25, 0.3) is 49.4 Å². The Kier molecular flexibility index (Phi) is 4.41. The molecule has 1 atom stereocenters. The van der Waals surface area contributed by atoms with E-state index in [0.717, 1.165) is 6.42 Å². The van der Waals surface area contributed by atoms with Crippen molar-refractivity contribution in [3.05, 3.63) is 150 Å². The summed E-state index contributed by atoms with van der Waals surface area (Å²) in [5.74, 6) is 0.285. The Hall–Kier alpha value is -4.62. The second-order valence-corrected chi connectivity index (χ2v) is 10.1. The standard InChI is InChI=1S/C36H25N/c1-3-11-24(12-4-1)32-23-26-14-8-9-17-28(26)30-20-21-31-34-29-18-10-7-13-25(29)19-22-33(34)37(36(31)35(30)32)27-15-5-2-6-16-27/h1-22,32H,23H2. The zero-order chi connectivity index (χ0) is 24.3. The van der Waals surface area contributed by atoms with E-state index in [0.29, 0.717) is 0 Å². The fraction of sp³-hybridized carbons (Fsp3) is 0.0556. The van der Waals surface area contributed by atoms with Crippen molar-refractivity contribution < 1.29 is 0 Å². The summed E-state index contributed by atoms with van der Waals surface area (Å²) in [6.45, 7) is 0. The Morgan fingerprint density at radius 3 is 2.14 bits per heavy atom. The second-order valence-electron chi connectivity index (χ2n) is 10.1. The van der Waals surface area contributed by atoms with Crippen molar-refractivity contribution in [2.75, 3.05) is 0 Å². The van der Waals surface area contributed by atoms with Gasteiger partial charge in [0, 0.05) is 22.4 Å². The summed E-state index contributed by atoms with van der Waals surface area (Å²) in [4.78, 5) is 0. The van der Waals surface area contributed by atoms with Gasteiger partial charge in [-0.05, 0) is 63.2 Å². The average molecular weight is 472 g/mol. The first-order valence-corrected chi connectivity index (χ1v) is 13.1. The van der Waals surface area contributed by atoms with Crippen molar-refractivity contribution in [3.63, 3.8) is 0 Å². The van der Waals surface area contributed by atoms with Crippen molar-refractivity contribution in [3.8, 4) is 16.8 Å².